The number of para-hydroxylation sites is 1. The van der Waals surface area contributed by atoms with Crippen molar-refractivity contribution in [2.75, 3.05) is 19.0 Å². The molecule has 5 rings (SSSR count). The highest BCUT2D eigenvalue weighted by Gasteiger charge is 2.77. The van der Waals surface area contributed by atoms with Crippen LogP contribution in [-0.2, 0) is 19.9 Å². The maximum atomic E-state index is 13.6. The minimum absolute atomic E-state index is 0.000573. The molecule has 0 radical (unpaired) electrons. The molecule has 2 fully saturated rings. The van der Waals surface area contributed by atoms with Crippen LogP contribution >= 0.6 is 0 Å². The fraction of sp³-hybridized carbons (Fsp3) is 0.429. The predicted octanol–water partition coefficient (Wildman–Crippen LogP) is 2.19. The van der Waals surface area contributed by atoms with Gasteiger partial charge in [-0.15, -0.1) is 0 Å². The quantitative estimate of drug-likeness (QED) is 0.791. The normalized spacial score (nSPS) is 32.2. The predicted molar refractivity (Wildman–Crippen MR) is 99.2 cm³/mol. The molecule has 1 spiro atoms. The van der Waals surface area contributed by atoms with E-state index in [2.05, 4.69) is 10.2 Å². The lowest BCUT2D eigenvalue weighted by Crippen LogP contribution is -2.61. The molecule has 0 aliphatic carbocycles. The first-order chi connectivity index (χ1) is 13.6. The largest absolute Gasteiger partial charge is 0.468 e. The number of methoxy groups -OCH3 is 1. The minimum atomic E-state index is -1.51. The molecule has 7 heteroatoms. The van der Waals surface area contributed by atoms with Gasteiger partial charge < -0.3 is 19.6 Å². The number of hydrogen-bond donors (Lipinski definition) is 2. The third kappa shape index (κ3) is 1.85. The molecule has 1 amide bonds. The Morgan fingerprint density at radius 3 is 2.93 bits per heavy atom. The zero-order valence-electron chi connectivity index (χ0n) is 15.6. The molecule has 4 heterocycles. The van der Waals surface area contributed by atoms with E-state index in [9.17, 15) is 14.7 Å². The zero-order valence-corrected chi connectivity index (χ0v) is 15.6. The van der Waals surface area contributed by atoms with Crippen molar-refractivity contribution in [1.29, 1.82) is 0 Å². The monoisotopic (exact) mass is 382 g/mol. The number of benzene rings is 1. The average Bonchev–Trinajstić information content (AvgIpc) is 3.46. The summed E-state index contributed by atoms with van der Waals surface area (Å²) in [6, 6.07) is 10.7. The molecule has 2 aromatic rings. The molecule has 4 unspecified atom stereocenters. The SMILES string of the molecule is COC(=O)C1(C(O)c2ccco2)CC2CCCN2C12C(=O)Nc1ccccc12. The lowest BCUT2D eigenvalue weighted by atomic mass is 9.62. The Kier molecular flexibility index (Phi) is 3.70. The van der Waals surface area contributed by atoms with E-state index < -0.39 is 23.0 Å². The van der Waals surface area contributed by atoms with Gasteiger partial charge in [-0.2, -0.15) is 0 Å². The molecule has 3 aliphatic heterocycles. The number of carbonyl (C=O) groups is 2. The van der Waals surface area contributed by atoms with Crippen molar-refractivity contribution < 1.29 is 23.8 Å². The van der Waals surface area contributed by atoms with E-state index in [0.29, 0.717) is 24.2 Å². The third-order valence-electron chi connectivity index (χ3n) is 6.73. The van der Waals surface area contributed by atoms with Crippen molar-refractivity contribution in [3.8, 4) is 0 Å². The summed E-state index contributed by atoms with van der Waals surface area (Å²) >= 11 is 0. The van der Waals surface area contributed by atoms with Crippen LogP contribution in [0.1, 0.15) is 36.7 Å². The van der Waals surface area contributed by atoms with Crippen molar-refractivity contribution in [3.05, 3.63) is 54.0 Å². The maximum Gasteiger partial charge on any atom is 0.317 e. The van der Waals surface area contributed by atoms with Crippen molar-refractivity contribution in [2.24, 2.45) is 5.41 Å². The molecule has 4 atom stereocenters. The first-order valence-corrected chi connectivity index (χ1v) is 9.55. The number of esters is 1. The summed E-state index contributed by atoms with van der Waals surface area (Å²) in [6.45, 7) is 0.677. The number of nitrogens with zero attached hydrogens (tertiary/aromatic N) is 1. The number of nitrogens with one attached hydrogen (secondary N) is 1. The Hall–Kier alpha value is -2.64. The van der Waals surface area contributed by atoms with Gasteiger partial charge in [0.05, 0.1) is 13.4 Å². The summed E-state index contributed by atoms with van der Waals surface area (Å²) in [4.78, 5) is 29.1. The second-order valence-electron chi connectivity index (χ2n) is 7.78. The van der Waals surface area contributed by atoms with Gasteiger partial charge in [-0.25, -0.2) is 0 Å². The fourth-order valence-corrected chi connectivity index (χ4v) is 5.76. The van der Waals surface area contributed by atoms with Gasteiger partial charge in [0, 0.05) is 17.3 Å². The van der Waals surface area contributed by atoms with Crippen LogP contribution < -0.4 is 5.32 Å². The van der Waals surface area contributed by atoms with Crippen LogP contribution in [0.4, 0.5) is 5.69 Å². The van der Waals surface area contributed by atoms with Crippen molar-refractivity contribution in [3.63, 3.8) is 0 Å². The second-order valence-corrected chi connectivity index (χ2v) is 7.78. The number of aliphatic hydroxyl groups is 1. The Bertz CT molecular complexity index is 942. The fourth-order valence-electron chi connectivity index (χ4n) is 5.76. The van der Waals surface area contributed by atoms with E-state index in [1.165, 1.54) is 13.4 Å². The number of hydrogen-bond acceptors (Lipinski definition) is 6. The van der Waals surface area contributed by atoms with Gasteiger partial charge in [-0.1, -0.05) is 18.2 Å². The van der Waals surface area contributed by atoms with E-state index in [-0.39, 0.29) is 17.7 Å². The van der Waals surface area contributed by atoms with Crippen molar-refractivity contribution in [1.82, 2.24) is 4.90 Å². The topological polar surface area (TPSA) is 92.0 Å². The highest BCUT2D eigenvalue weighted by molar-refractivity contribution is 6.10. The van der Waals surface area contributed by atoms with Crippen LogP contribution in [0.15, 0.2) is 47.1 Å². The molecule has 0 bridgehead atoms. The summed E-state index contributed by atoms with van der Waals surface area (Å²) in [7, 11) is 1.30. The van der Waals surface area contributed by atoms with Crippen LogP contribution in [0.2, 0.25) is 0 Å². The van der Waals surface area contributed by atoms with Crippen LogP contribution in [0.5, 0.6) is 0 Å². The van der Waals surface area contributed by atoms with E-state index in [0.717, 1.165) is 12.8 Å². The molecule has 1 aromatic heterocycles. The van der Waals surface area contributed by atoms with E-state index >= 15 is 0 Å². The van der Waals surface area contributed by atoms with Crippen LogP contribution in [0, 0.1) is 5.41 Å². The molecule has 28 heavy (non-hydrogen) atoms. The highest BCUT2D eigenvalue weighted by Crippen LogP contribution is 2.65. The lowest BCUT2D eigenvalue weighted by Gasteiger charge is -2.45. The number of fused-ring (bicyclic) bond motifs is 4. The summed E-state index contributed by atoms with van der Waals surface area (Å²) in [5, 5.41) is 14.4. The van der Waals surface area contributed by atoms with Crippen molar-refractivity contribution >= 4 is 17.6 Å². The Morgan fingerprint density at radius 1 is 1.36 bits per heavy atom. The lowest BCUT2D eigenvalue weighted by molar-refractivity contribution is -0.177. The number of rotatable bonds is 3. The molecule has 3 aliphatic rings. The second kappa shape index (κ2) is 5.93. The van der Waals surface area contributed by atoms with Gasteiger partial charge in [0.25, 0.3) is 5.91 Å². The molecule has 146 valence electrons. The molecule has 7 nitrogen and oxygen atoms in total. The van der Waals surface area contributed by atoms with Crippen LogP contribution in [0.25, 0.3) is 0 Å². The average molecular weight is 382 g/mol. The third-order valence-corrected chi connectivity index (χ3v) is 6.73. The molecular weight excluding hydrogens is 360 g/mol. The summed E-state index contributed by atoms with van der Waals surface area (Å²) < 4.78 is 10.7. The number of carbonyl (C=O) groups excluding carboxylic acids is 2. The van der Waals surface area contributed by atoms with Gasteiger partial charge in [0.1, 0.15) is 22.8 Å². The molecule has 2 saturated heterocycles. The summed E-state index contributed by atoms with van der Waals surface area (Å²) in [5.41, 5.74) is -1.48. The number of anilines is 1. The number of furan rings is 1. The van der Waals surface area contributed by atoms with E-state index in [4.69, 9.17) is 9.15 Å². The first kappa shape index (κ1) is 17.5. The van der Waals surface area contributed by atoms with Gasteiger partial charge in [0.15, 0.2) is 0 Å². The van der Waals surface area contributed by atoms with Crippen molar-refractivity contribution in [2.45, 2.75) is 36.9 Å². The Labute approximate surface area is 162 Å². The van der Waals surface area contributed by atoms with Gasteiger partial charge in [-0.05, 0) is 44.0 Å². The highest BCUT2D eigenvalue weighted by atomic mass is 16.5. The Morgan fingerprint density at radius 2 is 2.18 bits per heavy atom. The first-order valence-electron chi connectivity index (χ1n) is 9.55. The standard InChI is InChI=1S/C21H22N2O5/c1-27-19(26)20(17(24)16-9-5-11-28-16)12-13-6-4-10-23(13)21(20)14-7-2-3-8-15(14)22-18(21)25/h2-3,5,7-9,11,13,17,24H,4,6,10,12H2,1H3,(H,22,25). The van der Waals surface area contributed by atoms with Gasteiger partial charge in [0.2, 0.25) is 0 Å². The smallest absolute Gasteiger partial charge is 0.317 e. The summed E-state index contributed by atoms with van der Waals surface area (Å²) in [6.07, 6.45) is 2.26. The van der Waals surface area contributed by atoms with E-state index in [1.54, 1.807) is 12.1 Å². The van der Waals surface area contributed by atoms with E-state index in [1.807, 2.05) is 24.3 Å². The zero-order chi connectivity index (χ0) is 19.5. The number of ether oxygens (including phenoxy) is 1. The Balaban J connectivity index is 1.83. The molecule has 2 N–H and O–H groups in total. The maximum absolute atomic E-state index is 13.6. The van der Waals surface area contributed by atoms with Gasteiger partial charge in [-0.3, -0.25) is 14.5 Å². The summed E-state index contributed by atoms with van der Waals surface area (Å²) in [5.74, 6) is -0.644. The molecule has 1 aromatic carbocycles. The minimum Gasteiger partial charge on any atom is -0.468 e. The van der Waals surface area contributed by atoms with Gasteiger partial charge >= 0.3 is 5.97 Å². The number of aliphatic hydroxyl groups excluding tert-OH is 1. The van der Waals surface area contributed by atoms with Crippen LogP contribution in [-0.4, -0.2) is 41.6 Å². The molecular formula is C21H22N2O5. The van der Waals surface area contributed by atoms with Crippen LogP contribution in [0.3, 0.4) is 0 Å². The number of amides is 1. The molecule has 0 saturated carbocycles.